The summed E-state index contributed by atoms with van der Waals surface area (Å²) in [5.74, 6) is -0.411. The van der Waals surface area contributed by atoms with Gasteiger partial charge in [0.2, 0.25) is 10.0 Å². The quantitative estimate of drug-likeness (QED) is 0.863. The van der Waals surface area contributed by atoms with Crippen molar-refractivity contribution in [1.29, 1.82) is 0 Å². The van der Waals surface area contributed by atoms with Crippen molar-refractivity contribution in [1.82, 2.24) is 4.90 Å². The molecule has 2 amide bonds. The van der Waals surface area contributed by atoms with E-state index in [9.17, 15) is 17.6 Å². The lowest BCUT2D eigenvalue weighted by Crippen LogP contribution is -2.39. The second-order valence-corrected chi connectivity index (χ2v) is 8.13. The van der Waals surface area contributed by atoms with Gasteiger partial charge in [0.25, 0.3) is 0 Å². The third-order valence-corrected chi connectivity index (χ3v) is 4.88. The summed E-state index contributed by atoms with van der Waals surface area (Å²) in [7, 11) is -3.37. The number of anilines is 2. The van der Waals surface area contributed by atoms with Crippen LogP contribution in [0.25, 0.3) is 0 Å². The van der Waals surface area contributed by atoms with Gasteiger partial charge in [0.05, 0.1) is 11.9 Å². The first-order valence-electron chi connectivity index (χ1n) is 8.13. The molecule has 0 saturated heterocycles. The molecule has 0 atom stereocenters. The molecule has 2 aromatic carbocycles. The average Bonchev–Trinajstić information content (AvgIpc) is 2.56. The fourth-order valence-corrected chi connectivity index (χ4v) is 3.59. The normalized spacial score (nSPS) is 13.9. The van der Waals surface area contributed by atoms with Crippen LogP contribution < -0.4 is 10.0 Å². The molecule has 0 aliphatic carbocycles. The van der Waals surface area contributed by atoms with E-state index in [0.29, 0.717) is 30.9 Å². The molecule has 1 heterocycles. The Kier molecular flexibility index (Phi) is 4.86. The molecule has 2 aromatic rings. The van der Waals surface area contributed by atoms with Crippen molar-refractivity contribution in [3.8, 4) is 0 Å². The van der Waals surface area contributed by atoms with Gasteiger partial charge in [-0.25, -0.2) is 17.6 Å². The van der Waals surface area contributed by atoms with Gasteiger partial charge in [0.1, 0.15) is 5.82 Å². The average molecular weight is 377 g/mol. The summed E-state index contributed by atoms with van der Waals surface area (Å²) < 4.78 is 38.9. The second kappa shape index (κ2) is 6.95. The molecule has 6 nitrogen and oxygen atoms in total. The number of nitrogens with zero attached hydrogens (tertiary/aromatic N) is 1. The van der Waals surface area contributed by atoms with Crippen LogP contribution in [0.15, 0.2) is 36.4 Å². The highest BCUT2D eigenvalue weighted by Crippen LogP contribution is 2.27. The van der Waals surface area contributed by atoms with Crippen LogP contribution in [-0.2, 0) is 23.0 Å². The van der Waals surface area contributed by atoms with Crippen molar-refractivity contribution in [3.63, 3.8) is 0 Å². The molecular formula is C18H20FN3O3S. The van der Waals surface area contributed by atoms with Gasteiger partial charge in [-0.3, -0.25) is 4.72 Å². The Balaban J connectivity index is 1.77. The Labute approximate surface area is 152 Å². The minimum atomic E-state index is -3.37. The molecule has 0 fully saturated rings. The van der Waals surface area contributed by atoms with Crippen LogP contribution in [0.3, 0.4) is 0 Å². The molecule has 0 spiro atoms. The van der Waals surface area contributed by atoms with E-state index in [1.807, 2.05) is 6.07 Å². The van der Waals surface area contributed by atoms with Gasteiger partial charge >= 0.3 is 6.03 Å². The minimum absolute atomic E-state index is 0.314. The number of sulfonamides is 1. The van der Waals surface area contributed by atoms with E-state index in [0.717, 1.165) is 22.9 Å². The molecule has 2 N–H and O–H groups in total. The van der Waals surface area contributed by atoms with Crippen molar-refractivity contribution in [2.75, 3.05) is 22.8 Å². The van der Waals surface area contributed by atoms with Gasteiger partial charge in [-0.05, 0) is 48.2 Å². The maximum Gasteiger partial charge on any atom is 0.322 e. The van der Waals surface area contributed by atoms with Crippen LogP contribution in [0.2, 0.25) is 0 Å². The number of hydrogen-bond donors (Lipinski definition) is 2. The smallest absolute Gasteiger partial charge is 0.320 e. The van der Waals surface area contributed by atoms with Gasteiger partial charge in [0, 0.05) is 18.8 Å². The van der Waals surface area contributed by atoms with Crippen molar-refractivity contribution in [2.24, 2.45) is 0 Å². The SMILES string of the molecule is Cc1ccc(F)cc1NC(=O)N1CCc2c(cccc2NS(C)(=O)=O)C1. The molecule has 1 aliphatic rings. The van der Waals surface area contributed by atoms with E-state index in [1.54, 1.807) is 30.0 Å². The van der Waals surface area contributed by atoms with E-state index in [2.05, 4.69) is 10.0 Å². The number of fused-ring (bicyclic) bond motifs is 1. The predicted octanol–water partition coefficient (Wildman–Crippen LogP) is 3.10. The molecular weight excluding hydrogens is 357 g/mol. The van der Waals surface area contributed by atoms with Gasteiger partial charge in [-0.1, -0.05) is 18.2 Å². The highest BCUT2D eigenvalue weighted by molar-refractivity contribution is 7.92. The highest BCUT2D eigenvalue weighted by Gasteiger charge is 2.23. The van der Waals surface area contributed by atoms with Crippen molar-refractivity contribution < 1.29 is 17.6 Å². The topological polar surface area (TPSA) is 78.5 Å². The molecule has 0 radical (unpaired) electrons. The zero-order valence-electron chi connectivity index (χ0n) is 14.5. The minimum Gasteiger partial charge on any atom is -0.320 e. The summed E-state index contributed by atoms with van der Waals surface area (Å²) in [4.78, 5) is 14.2. The number of nitrogens with one attached hydrogen (secondary N) is 2. The van der Waals surface area contributed by atoms with Crippen LogP contribution in [0, 0.1) is 12.7 Å². The van der Waals surface area contributed by atoms with Crippen molar-refractivity contribution in [2.45, 2.75) is 19.9 Å². The van der Waals surface area contributed by atoms with Gasteiger partial charge in [0.15, 0.2) is 0 Å². The summed E-state index contributed by atoms with van der Waals surface area (Å²) in [6.45, 7) is 2.59. The summed E-state index contributed by atoms with van der Waals surface area (Å²) in [5, 5.41) is 2.74. The lowest BCUT2D eigenvalue weighted by atomic mass is 9.98. The summed E-state index contributed by atoms with van der Waals surface area (Å²) in [6.07, 6.45) is 1.64. The number of benzene rings is 2. The molecule has 8 heteroatoms. The Morgan fingerprint density at radius 1 is 1.19 bits per heavy atom. The summed E-state index contributed by atoms with van der Waals surface area (Å²) in [5.41, 5.74) is 3.54. The van der Waals surface area contributed by atoms with E-state index in [4.69, 9.17) is 0 Å². The Hall–Kier alpha value is -2.61. The molecule has 0 aromatic heterocycles. The molecule has 3 rings (SSSR count). The van der Waals surface area contributed by atoms with Crippen LogP contribution in [-0.4, -0.2) is 32.1 Å². The number of carbonyl (C=O) groups excluding carboxylic acids is 1. The molecule has 0 bridgehead atoms. The number of amides is 2. The maximum absolute atomic E-state index is 13.4. The number of carbonyl (C=O) groups is 1. The van der Waals surface area contributed by atoms with Crippen LogP contribution >= 0.6 is 0 Å². The number of rotatable bonds is 3. The van der Waals surface area contributed by atoms with Crippen molar-refractivity contribution >= 4 is 27.4 Å². The van der Waals surface area contributed by atoms with Crippen LogP contribution in [0.5, 0.6) is 0 Å². The Morgan fingerprint density at radius 2 is 1.96 bits per heavy atom. The number of aryl methyl sites for hydroxylation is 1. The number of hydrogen-bond acceptors (Lipinski definition) is 3. The first-order valence-corrected chi connectivity index (χ1v) is 10.0. The molecule has 26 heavy (non-hydrogen) atoms. The predicted molar refractivity (Wildman–Crippen MR) is 99.2 cm³/mol. The van der Waals surface area contributed by atoms with E-state index in [-0.39, 0.29) is 6.03 Å². The Bertz CT molecular complexity index is 960. The largest absolute Gasteiger partial charge is 0.322 e. The van der Waals surface area contributed by atoms with Crippen LogP contribution in [0.1, 0.15) is 16.7 Å². The van der Waals surface area contributed by atoms with E-state index in [1.165, 1.54) is 12.1 Å². The fourth-order valence-electron chi connectivity index (χ4n) is 3.00. The summed E-state index contributed by atoms with van der Waals surface area (Å²) >= 11 is 0. The molecule has 138 valence electrons. The third kappa shape index (κ3) is 4.13. The molecule has 1 aliphatic heterocycles. The Morgan fingerprint density at radius 3 is 2.69 bits per heavy atom. The zero-order chi connectivity index (χ0) is 18.9. The van der Waals surface area contributed by atoms with E-state index >= 15 is 0 Å². The van der Waals surface area contributed by atoms with E-state index < -0.39 is 15.8 Å². The zero-order valence-corrected chi connectivity index (χ0v) is 15.4. The number of urea groups is 1. The van der Waals surface area contributed by atoms with Gasteiger partial charge < -0.3 is 10.2 Å². The molecule has 0 unspecified atom stereocenters. The van der Waals surface area contributed by atoms with Crippen molar-refractivity contribution in [3.05, 3.63) is 58.9 Å². The lowest BCUT2D eigenvalue weighted by Gasteiger charge is -2.30. The second-order valence-electron chi connectivity index (χ2n) is 6.38. The monoisotopic (exact) mass is 377 g/mol. The fraction of sp³-hybridized carbons (Fsp3) is 0.278. The number of halogens is 1. The lowest BCUT2D eigenvalue weighted by molar-refractivity contribution is 0.206. The maximum atomic E-state index is 13.4. The third-order valence-electron chi connectivity index (χ3n) is 4.29. The summed E-state index contributed by atoms with van der Waals surface area (Å²) in [6, 6.07) is 9.27. The first kappa shape index (κ1) is 18.2. The standard InChI is InChI=1S/C18H20FN3O3S/c1-12-6-7-14(19)10-17(12)20-18(23)22-9-8-15-13(11-22)4-3-5-16(15)21-26(2,24)25/h3-7,10,21H,8-9,11H2,1-2H3,(H,20,23). The van der Waals surface area contributed by atoms with Gasteiger partial charge in [-0.15, -0.1) is 0 Å². The van der Waals surface area contributed by atoms with Crippen LogP contribution in [0.4, 0.5) is 20.6 Å². The first-order chi connectivity index (χ1) is 12.2. The molecule has 0 saturated carbocycles. The highest BCUT2D eigenvalue weighted by atomic mass is 32.2. The van der Waals surface area contributed by atoms with Gasteiger partial charge in [-0.2, -0.15) is 0 Å².